The molecule has 0 radical (unpaired) electrons. The number of phenols is 1. The molecule has 0 atom stereocenters. The Labute approximate surface area is 142 Å². The molecular formula is C18H16O7. The van der Waals surface area contributed by atoms with Gasteiger partial charge < -0.3 is 28.8 Å². The van der Waals surface area contributed by atoms with E-state index in [-0.39, 0.29) is 34.0 Å². The van der Waals surface area contributed by atoms with Gasteiger partial charge in [-0.25, -0.2) is 0 Å². The third-order valence-corrected chi connectivity index (χ3v) is 3.81. The summed E-state index contributed by atoms with van der Waals surface area (Å²) in [5, 5.41) is 20.5. The van der Waals surface area contributed by atoms with Gasteiger partial charge in [0.15, 0.2) is 17.1 Å². The fourth-order valence-electron chi connectivity index (χ4n) is 2.67. The second-order valence-corrected chi connectivity index (χ2v) is 5.13. The number of phenolic OH excluding ortho intramolecular Hbond substituents is 1. The van der Waals surface area contributed by atoms with Gasteiger partial charge in [-0.1, -0.05) is 30.3 Å². The summed E-state index contributed by atoms with van der Waals surface area (Å²) in [5.74, 6) is -1.11. The molecule has 1 heterocycles. The third-order valence-electron chi connectivity index (χ3n) is 3.81. The Morgan fingerprint density at radius 3 is 2.00 bits per heavy atom. The maximum atomic E-state index is 12.7. The Morgan fingerprint density at radius 1 is 0.840 bits per heavy atom. The van der Waals surface area contributed by atoms with Gasteiger partial charge in [0, 0.05) is 5.56 Å². The van der Waals surface area contributed by atoms with Crippen LogP contribution < -0.4 is 19.6 Å². The minimum absolute atomic E-state index is 0.0389. The van der Waals surface area contributed by atoms with E-state index in [0.29, 0.717) is 5.56 Å². The number of fused-ring (bicyclic) bond motifs is 1. The van der Waals surface area contributed by atoms with Gasteiger partial charge in [0.05, 0.1) is 21.3 Å². The maximum absolute atomic E-state index is 12.7. The summed E-state index contributed by atoms with van der Waals surface area (Å²) in [6, 6.07) is 8.62. The van der Waals surface area contributed by atoms with Crippen LogP contribution in [0.1, 0.15) is 0 Å². The minimum atomic E-state index is -0.808. The van der Waals surface area contributed by atoms with Crippen LogP contribution in [0.25, 0.3) is 22.3 Å². The van der Waals surface area contributed by atoms with E-state index < -0.39 is 16.9 Å². The second kappa shape index (κ2) is 6.27. The number of benzene rings is 2. The van der Waals surface area contributed by atoms with Gasteiger partial charge in [0.1, 0.15) is 5.39 Å². The number of hydrogen-bond acceptors (Lipinski definition) is 7. The van der Waals surface area contributed by atoms with Gasteiger partial charge in [-0.15, -0.1) is 0 Å². The van der Waals surface area contributed by atoms with E-state index in [1.54, 1.807) is 30.3 Å². The second-order valence-electron chi connectivity index (χ2n) is 5.13. The molecule has 2 aromatic carbocycles. The highest BCUT2D eigenvalue weighted by Gasteiger charge is 2.28. The van der Waals surface area contributed by atoms with Crippen molar-refractivity contribution < 1.29 is 28.8 Å². The number of hydrogen-bond donors (Lipinski definition) is 2. The fraction of sp³-hybridized carbons (Fsp3) is 0.167. The van der Waals surface area contributed by atoms with E-state index in [4.69, 9.17) is 18.6 Å². The lowest BCUT2D eigenvalue weighted by atomic mass is 10.1. The summed E-state index contributed by atoms with van der Waals surface area (Å²) < 4.78 is 21.4. The van der Waals surface area contributed by atoms with Gasteiger partial charge in [0.25, 0.3) is 0 Å². The molecule has 0 aliphatic carbocycles. The first-order valence-electron chi connectivity index (χ1n) is 7.31. The molecule has 1 aromatic heterocycles. The van der Waals surface area contributed by atoms with Crippen molar-refractivity contribution in [1.82, 2.24) is 0 Å². The van der Waals surface area contributed by atoms with Crippen LogP contribution in [-0.2, 0) is 0 Å². The number of ether oxygens (including phenoxy) is 3. The van der Waals surface area contributed by atoms with Crippen LogP contribution in [0.3, 0.4) is 0 Å². The van der Waals surface area contributed by atoms with E-state index in [9.17, 15) is 15.0 Å². The molecule has 0 saturated carbocycles. The van der Waals surface area contributed by atoms with Gasteiger partial charge in [0.2, 0.25) is 28.4 Å². The molecular weight excluding hydrogens is 328 g/mol. The summed E-state index contributed by atoms with van der Waals surface area (Å²) in [4.78, 5) is 12.7. The van der Waals surface area contributed by atoms with E-state index in [1.165, 1.54) is 21.3 Å². The van der Waals surface area contributed by atoms with Crippen molar-refractivity contribution in [3.63, 3.8) is 0 Å². The van der Waals surface area contributed by atoms with Crippen molar-refractivity contribution in [1.29, 1.82) is 0 Å². The first-order chi connectivity index (χ1) is 12.0. The SMILES string of the molecule is COc1c(OC)c(O)c2c(=O)c(O)c(-c3ccccc3)oc2c1OC. The summed E-state index contributed by atoms with van der Waals surface area (Å²) in [6.45, 7) is 0. The summed E-state index contributed by atoms with van der Waals surface area (Å²) in [5.41, 5.74) is -0.369. The topological polar surface area (TPSA) is 98.4 Å². The van der Waals surface area contributed by atoms with Crippen molar-refractivity contribution in [2.75, 3.05) is 21.3 Å². The monoisotopic (exact) mass is 344 g/mol. The highest BCUT2D eigenvalue weighted by molar-refractivity contribution is 5.96. The Balaban J connectivity index is 2.52. The summed E-state index contributed by atoms with van der Waals surface area (Å²) in [7, 11) is 4.04. The standard InChI is InChI=1S/C18H16O7/c1-22-16-12(20)10-11(19)13(21)14(9-7-5-4-6-8-9)25-15(10)17(23-2)18(16)24-3/h4-8,20-21H,1-3H3. The third kappa shape index (κ3) is 2.40. The molecule has 25 heavy (non-hydrogen) atoms. The summed E-state index contributed by atoms with van der Waals surface area (Å²) in [6.07, 6.45) is 0. The van der Waals surface area contributed by atoms with Gasteiger partial charge in [-0.3, -0.25) is 4.79 Å². The van der Waals surface area contributed by atoms with Crippen molar-refractivity contribution in [2.24, 2.45) is 0 Å². The highest BCUT2D eigenvalue weighted by Crippen LogP contribution is 2.50. The average Bonchev–Trinajstić information content (AvgIpc) is 2.64. The van der Waals surface area contributed by atoms with Crippen LogP contribution in [0.4, 0.5) is 0 Å². The maximum Gasteiger partial charge on any atom is 0.239 e. The lowest BCUT2D eigenvalue weighted by Crippen LogP contribution is -2.06. The van der Waals surface area contributed by atoms with E-state index >= 15 is 0 Å². The zero-order chi connectivity index (χ0) is 18.1. The quantitative estimate of drug-likeness (QED) is 0.751. The lowest BCUT2D eigenvalue weighted by Gasteiger charge is -2.16. The molecule has 0 unspecified atom stereocenters. The molecule has 3 rings (SSSR count). The van der Waals surface area contributed by atoms with Crippen LogP contribution in [-0.4, -0.2) is 31.5 Å². The highest BCUT2D eigenvalue weighted by atomic mass is 16.5. The molecule has 0 bridgehead atoms. The molecule has 0 amide bonds. The van der Waals surface area contributed by atoms with Crippen LogP contribution in [0.2, 0.25) is 0 Å². The first kappa shape index (κ1) is 16.5. The zero-order valence-corrected chi connectivity index (χ0v) is 13.8. The van der Waals surface area contributed by atoms with Crippen molar-refractivity contribution in [2.45, 2.75) is 0 Å². The minimum Gasteiger partial charge on any atom is -0.504 e. The van der Waals surface area contributed by atoms with E-state index in [2.05, 4.69) is 0 Å². The Morgan fingerprint density at radius 2 is 1.44 bits per heavy atom. The van der Waals surface area contributed by atoms with Crippen LogP contribution in [0.5, 0.6) is 28.7 Å². The van der Waals surface area contributed by atoms with Crippen molar-refractivity contribution >= 4 is 11.0 Å². The number of methoxy groups -OCH3 is 3. The zero-order valence-electron chi connectivity index (χ0n) is 13.8. The van der Waals surface area contributed by atoms with Crippen molar-refractivity contribution in [3.05, 3.63) is 40.6 Å². The fourth-order valence-corrected chi connectivity index (χ4v) is 2.67. The Bertz CT molecular complexity index is 990. The van der Waals surface area contributed by atoms with Crippen LogP contribution in [0.15, 0.2) is 39.5 Å². The molecule has 0 fully saturated rings. The predicted molar refractivity (Wildman–Crippen MR) is 90.9 cm³/mol. The first-order valence-corrected chi connectivity index (χ1v) is 7.31. The smallest absolute Gasteiger partial charge is 0.239 e. The Hall–Kier alpha value is -3.35. The van der Waals surface area contributed by atoms with Crippen LogP contribution in [0, 0.1) is 0 Å². The number of aromatic hydroxyl groups is 2. The van der Waals surface area contributed by atoms with Crippen LogP contribution >= 0.6 is 0 Å². The van der Waals surface area contributed by atoms with E-state index in [0.717, 1.165) is 0 Å². The molecule has 0 aliphatic heterocycles. The Kier molecular flexibility index (Phi) is 4.14. The normalized spacial score (nSPS) is 10.7. The predicted octanol–water partition coefficient (Wildman–Crippen LogP) is 2.90. The molecule has 0 saturated heterocycles. The molecule has 7 nitrogen and oxygen atoms in total. The van der Waals surface area contributed by atoms with Crippen molar-refractivity contribution in [3.8, 4) is 40.1 Å². The molecule has 2 N–H and O–H groups in total. The molecule has 130 valence electrons. The molecule has 3 aromatic rings. The lowest BCUT2D eigenvalue weighted by molar-refractivity contribution is 0.311. The molecule has 0 spiro atoms. The van der Waals surface area contributed by atoms with Gasteiger partial charge in [-0.2, -0.15) is 0 Å². The van der Waals surface area contributed by atoms with Gasteiger partial charge in [-0.05, 0) is 0 Å². The molecule has 0 aliphatic rings. The average molecular weight is 344 g/mol. The number of rotatable bonds is 4. The van der Waals surface area contributed by atoms with E-state index in [1.807, 2.05) is 0 Å². The molecule has 7 heteroatoms. The summed E-state index contributed by atoms with van der Waals surface area (Å²) >= 11 is 0. The largest absolute Gasteiger partial charge is 0.504 e. The van der Waals surface area contributed by atoms with Gasteiger partial charge >= 0.3 is 0 Å².